The van der Waals surface area contributed by atoms with E-state index in [1.54, 1.807) is 24.4 Å². The smallest absolute Gasteiger partial charge is 0.201 e. The zero-order valence-corrected chi connectivity index (χ0v) is 15.1. The Morgan fingerprint density at radius 3 is 2.26 bits per heavy atom. The molecule has 1 atom stereocenters. The summed E-state index contributed by atoms with van der Waals surface area (Å²) in [7, 11) is 0. The third-order valence-corrected chi connectivity index (χ3v) is 4.45. The number of hydrogen-bond donors (Lipinski definition) is 2. The summed E-state index contributed by atoms with van der Waals surface area (Å²) in [5.41, 5.74) is 2.67. The zero-order valence-electron chi connectivity index (χ0n) is 14.4. The number of Topliss-reactive ketones (excluding diaryl/α,β-unsaturated/α-hetero) is 1. The van der Waals surface area contributed by atoms with Crippen molar-refractivity contribution in [2.24, 2.45) is 0 Å². The summed E-state index contributed by atoms with van der Waals surface area (Å²) in [6, 6.07) is 24.3. The fourth-order valence-corrected chi connectivity index (χ4v) is 3.05. The summed E-state index contributed by atoms with van der Waals surface area (Å²) in [6.07, 6.45) is 1.06. The van der Waals surface area contributed by atoms with Gasteiger partial charge in [0.1, 0.15) is 5.75 Å². The summed E-state index contributed by atoms with van der Waals surface area (Å²) in [6.45, 7) is 0. The molecule has 0 aromatic heterocycles. The van der Waals surface area contributed by atoms with E-state index in [-0.39, 0.29) is 5.78 Å². The van der Waals surface area contributed by atoms with Crippen LogP contribution in [0.1, 0.15) is 10.4 Å². The van der Waals surface area contributed by atoms with Gasteiger partial charge in [-0.2, -0.15) is 0 Å². The molecule has 1 aliphatic heterocycles. The summed E-state index contributed by atoms with van der Waals surface area (Å²) in [5.74, 6) is 0.380. The molecule has 2 N–H and O–H groups in total. The molecule has 4 nitrogen and oxygen atoms in total. The van der Waals surface area contributed by atoms with Crippen LogP contribution in [0.25, 0.3) is 0 Å². The Kier molecular flexibility index (Phi) is 4.81. The molecule has 3 aromatic rings. The number of halogens is 1. The van der Waals surface area contributed by atoms with E-state index < -0.39 is 6.23 Å². The first kappa shape index (κ1) is 17.2. The van der Waals surface area contributed by atoms with Crippen LogP contribution in [-0.4, -0.2) is 12.0 Å². The zero-order chi connectivity index (χ0) is 18.6. The number of rotatable bonds is 4. The lowest BCUT2D eigenvalue weighted by Gasteiger charge is -2.29. The Balaban J connectivity index is 1.69. The second kappa shape index (κ2) is 7.56. The molecule has 4 rings (SSSR count). The van der Waals surface area contributed by atoms with Gasteiger partial charge in [0.25, 0.3) is 0 Å². The van der Waals surface area contributed by atoms with Crippen LogP contribution in [-0.2, 0) is 0 Å². The van der Waals surface area contributed by atoms with E-state index in [1.807, 2.05) is 60.7 Å². The first-order chi connectivity index (χ1) is 13.2. The van der Waals surface area contributed by atoms with Gasteiger partial charge in [0, 0.05) is 22.6 Å². The number of ketones is 1. The van der Waals surface area contributed by atoms with E-state index in [4.69, 9.17) is 16.3 Å². The number of carbonyl (C=O) groups excluding carboxylic acids is 1. The second-order valence-electron chi connectivity index (χ2n) is 6.09. The van der Waals surface area contributed by atoms with Gasteiger partial charge < -0.3 is 15.4 Å². The highest BCUT2D eigenvalue weighted by Gasteiger charge is 2.32. The van der Waals surface area contributed by atoms with E-state index in [0.717, 1.165) is 11.4 Å². The van der Waals surface area contributed by atoms with Crippen LogP contribution in [0.2, 0.25) is 5.02 Å². The predicted octanol–water partition coefficient (Wildman–Crippen LogP) is 5.35. The van der Waals surface area contributed by atoms with Gasteiger partial charge in [-0.05, 0) is 42.5 Å². The first-order valence-electron chi connectivity index (χ1n) is 8.55. The third kappa shape index (κ3) is 3.81. The number of benzene rings is 3. The van der Waals surface area contributed by atoms with Gasteiger partial charge >= 0.3 is 0 Å². The number of ether oxygens (including phenoxy) is 1. The molecule has 3 aromatic carbocycles. The van der Waals surface area contributed by atoms with Gasteiger partial charge in [-0.25, -0.2) is 0 Å². The molecule has 1 unspecified atom stereocenters. The van der Waals surface area contributed by atoms with Crippen LogP contribution < -0.4 is 15.4 Å². The molecule has 134 valence electrons. The monoisotopic (exact) mass is 376 g/mol. The maximum absolute atomic E-state index is 13.1. The van der Waals surface area contributed by atoms with Gasteiger partial charge in [-0.15, -0.1) is 0 Å². The van der Waals surface area contributed by atoms with Gasteiger partial charge in [0.05, 0.1) is 11.1 Å². The summed E-state index contributed by atoms with van der Waals surface area (Å²) in [5, 5.41) is 6.93. The van der Waals surface area contributed by atoms with Gasteiger partial charge in [-0.1, -0.05) is 48.0 Å². The number of para-hydroxylation sites is 2. The van der Waals surface area contributed by atoms with Crippen molar-refractivity contribution in [3.05, 3.63) is 101 Å². The standard InChI is InChI=1S/C22H17ClN2O2/c23-15-11-12-20-18(13-15)21(26)19(14-24-16-7-3-1-4-8-16)22(27-20)25-17-9-5-2-6-10-17/h1-14,22,24-25H/b19-14-. The quantitative estimate of drug-likeness (QED) is 0.603. The van der Waals surface area contributed by atoms with Gasteiger partial charge in [0.2, 0.25) is 6.23 Å². The van der Waals surface area contributed by atoms with E-state index in [1.165, 1.54) is 0 Å². The highest BCUT2D eigenvalue weighted by Crippen LogP contribution is 2.33. The average Bonchev–Trinajstić information content (AvgIpc) is 2.70. The highest BCUT2D eigenvalue weighted by atomic mass is 35.5. The van der Waals surface area contributed by atoms with Crippen LogP contribution >= 0.6 is 11.6 Å². The molecule has 0 saturated heterocycles. The molecule has 0 bridgehead atoms. The minimum Gasteiger partial charge on any atom is -0.466 e. The predicted molar refractivity (Wildman–Crippen MR) is 108 cm³/mol. The number of carbonyl (C=O) groups is 1. The minimum absolute atomic E-state index is 0.129. The molecule has 0 aliphatic carbocycles. The van der Waals surface area contributed by atoms with Crippen LogP contribution in [0.3, 0.4) is 0 Å². The van der Waals surface area contributed by atoms with Gasteiger partial charge in [-0.3, -0.25) is 4.79 Å². The fraction of sp³-hybridized carbons (Fsp3) is 0.0455. The Bertz CT molecular complexity index is 988. The first-order valence-corrected chi connectivity index (χ1v) is 8.92. The van der Waals surface area contributed by atoms with Crippen molar-refractivity contribution in [3.63, 3.8) is 0 Å². The molecule has 5 heteroatoms. The molecule has 0 radical (unpaired) electrons. The Morgan fingerprint density at radius 1 is 0.889 bits per heavy atom. The Hall–Kier alpha value is -3.24. The fourth-order valence-electron chi connectivity index (χ4n) is 2.88. The summed E-state index contributed by atoms with van der Waals surface area (Å²) < 4.78 is 6.06. The lowest BCUT2D eigenvalue weighted by Crippen LogP contribution is -2.37. The van der Waals surface area contributed by atoms with Crippen molar-refractivity contribution in [2.45, 2.75) is 6.23 Å². The largest absolute Gasteiger partial charge is 0.466 e. The molecule has 0 saturated carbocycles. The number of nitrogens with one attached hydrogen (secondary N) is 2. The Labute approximate surface area is 162 Å². The van der Waals surface area contributed by atoms with Crippen LogP contribution in [0.5, 0.6) is 5.75 Å². The highest BCUT2D eigenvalue weighted by molar-refractivity contribution is 6.31. The van der Waals surface area contributed by atoms with Crippen molar-refractivity contribution in [1.82, 2.24) is 0 Å². The van der Waals surface area contributed by atoms with E-state index in [0.29, 0.717) is 21.9 Å². The van der Waals surface area contributed by atoms with Crippen LogP contribution in [0, 0.1) is 0 Å². The molecule has 0 spiro atoms. The summed E-state index contributed by atoms with van der Waals surface area (Å²) >= 11 is 6.07. The molecule has 27 heavy (non-hydrogen) atoms. The molecular weight excluding hydrogens is 360 g/mol. The molecule has 1 aliphatic rings. The lowest BCUT2D eigenvalue weighted by atomic mass is 9.98. The normalized spacial score (nSPS) is 17.1. The van der Waals surface area contributed by atoms with Crippen molar-refractivity contribution in [3.8, 4) is 5.75 Å². The molecule has 1 heterocycles. The lowest BCUT2D eigenvalue weighted by molar-refractivity contribution is 0.0973. The molecular formula is C22H17ClN2O2. The van der Waals surface area contributed by atoms with Gasteiger partial charge in [0.15, 0.2) is 5.78 Å². The van der Waals surface area contributed by atoms with Crippen molar-refractivity contribution < 1.29 is 9.53 Å². The summed E-state index contributed by atoms with van der Waals surface area (Å²) in [4.78, 5) is 13.1. The topological polar surface area (TPSA) is 50.4 Å². The minimum atomic E-state index is -0.621. The van der Waals surface area contributed by atoms with Crippen molar-refractivity contribution in [2.75, 3.05) is 10.6 Å². The van der Waals surface area contributed by atoms with Crippen LogP contribution in [0.4, 0.5) is 11.4 Å². The van der Waals surface area contributed by atoms with E-state index >= 15 is 0 Å². The Morgan fingerprint density at radius 2 is 1.56 bits per heavy atom. The third-order valence-electron chi connectivity index (χ3n) is 4.22. The average molecular weight is 377 g/mol. The van der Waals surface area contributed by atoms with Crippen LogP contribution in [0.15, 0.2) is 90.6 Å². The molecule has 0 fully saturated rings. The van der Waals surface area contributed by atoms with Crippen molar-refractivity contribution >= 4 is 28.8 Å². The number of anilines is 2. The van der Waals surface area contributed by atoms with Crippen molar-refractivity contribution in [1.29, 1.82) is 0 Å². The number of hydrogen-bond acceptors (Lipinski definition) is 4. The maximum atomic E-state index is 13.1. The van der Waals surface area contributed by atoms with E-state index in [2.05, 4.69) is 10.6 Å². The SMILES string of the molecule is O=C1/C(=C/Nc2ccccc2)C(Nc2ccccc2)Oc2ccc(Cl)cc21. The molecule has 0 amide bonds. The second-order valence-corrected chi connectivity index (χ2v) is 6.52. The van der Waals surface area contributed by atoms with E-state index in [9.17, 15) is 4.79 Å². The number of fused-ring (bicyclic) bond motifs is 1. The maximum Gasteiger partial charge on any atom is 0.201 e.